The molecule has 0 radical (unpaired) electrons. The first-order valence-electron chi connectivity index (χ1n) is 16.0. The molecule has 0 spiro atoms. The third kappa shape index (κ3) is 5.82. The lowest BCUT2D eigenvalue weighted by atomic mass is 9.42. The molecule has 0 saturated heterocycles. The molecule has 236 valence electrons. The lowest BCUT2D eigenvalue weighted by Crippen LogP contribution is -2.55. The van der Waals surface area contributed by atoms with E-state index >= 15 is 0 Å². The zero-order chi connectivity index (χ0) is 30.5. The predicted molar refractivity (Wildman–Crippen MR) is 154 cm³/mol. The molecular formula is C32H47F3N2O4S. The van der Waals surface area contributed by atoms with Crippen molar-refractivity contribution >= 4 is 15.9 Å². The van der Waals surface area contributed by atoms with Gasteiger partial charge < -0.3 is 4.74 Å². The Labute approximate surface area is 249 Å². The molecule has 5 rings (SSSR count). The molecule has 0 aromatic carbocycles. The monoisotopic (exact) mass is 612 g/mol. The van der Waals surface area contributed by atoms with Crippen molar-refractivity contribution in [2.45, 2.75) is 116 Å². The fourth-order valence-corrected chi connectivity index (χ4v) is 11.7. The number of aromatic nitrogens is 1. The van der Waals surface area contributed by atoms with E-state index in [1.54, 1.807) is 0 Å². The number of fused-ring (bicyclic) bond motifs is 5. The summed E-state index contributed by atoms with van der Waals surface area (Å²) in [5.74, 6) is 2.83. The maximum Gasteiger partial charge on any atom is 0.574 e. The SMILES string of the molecule is CC[C@H]1CC2C3CC[C@H]([C@H](C)CCC(=O)NS(=O)(=O)c4cccnc4OC(F)(F)F)[C@@]3(C)CCC2[C@@]2(C)CCCC[C@@H]12. The van der Waals surface area contributed by atoms with Gasteiger partial charge in [0.1, 0.15) is 4.90 Å². The fraction of sp³-hybridized carbons (Fsp3) is 0.812. The minimum atomic E-state index is -5.11. The van der Waals surface area contributed by atoms with E-state index in [1.807, 2.05) is 4.72 Å². The first-order valence-corrected chi connectivity index (χ1v) is 17.4. The fourth-order valence-electron chi connectivity index (χ4n) is 10.6. The Bertz CT molecular complexity index is 1260. The second kappa shape index (κ2) is 11.6. The van der Waals surface area contributed by atoms with E-state index in [2.05, 4.69) is 37.4 Å². The number of alkyl halides is 3. The number of carbonyl (C=O) groups is 1. The summed E-state index contributed by atoms with van der Waals surface area (Å²) in [6, 6.07) is 2.12. The second-order valence-electron chi connectivity index (χ2n) is 14.3. The number of nitrogens with zero attached hydrogens (tertiary/aromatic N) is 1. The Balaban J connectivity index is 1.23. The highest BCUT2D eigenvalue weighted by atomic mass is 32.2. The molecule has 4 aliphatic carbocycles. The van der Waals surface area contributed by atoms with Crippen molar-refractivity contribution in [3.05, 3.63) is 18.3 Å². The van der Waals surface area contributed by atoms with Gasteiger partial charge >= 0.3 is 6.36 Å². The molecular weight excluding hydrogens is 565 g/mol. The van der Waals surface area contributed by atoms with Crippen LogP contribution >= 0.6 is 0 Å². The molecule has 3 unspecified atom stereocenters. The van der Waals surface area contributed by atoms with Crippen molar-refractivity contribution in [1.82, 2.24) is 9.71 Å². The number of rotatable bonds is 8. The molecule has 10 heteroatoms. The summed E-state index contributed by atoms with van der Waals surface area (Å²) >= 11 is 0. The Hall–Kier alpha value is -1.84. The summed E-state index contributed by atoms with van der Waals surface area (Å²) in [6.07, 6.45) is 9.41. The number of sulfonamides is 1. The minimum absolute atomic E-state index is 0.0168. The topological polar surface area (TPSA) is 85.4 Å². The summed E-state index contributed by atoms with van der Waals surface area (Å²) in [7, 11) is -4.58. The zero-order valence-corrected chi connectivity index (χ0v) is 26.2. The lowest BCUT2D eigenvalue weighted by molar-refractivity contribution is -0.277. The number of hydrogen-bond donors (Lipinski definition) is 1. The summed E-state index contributed by atoms with van der Waals surface area (Å²) < 4.78 is 69.5. The molecule has 9 atom stereocenters. The highest BCUT2D eigenvalue weighted by Gasteiger charge is 2.61. The van der Waals surface area contributed by atoms with Crippen molar-refractivity contribution in [3.63, 3.8) is 0 Å². The number of pyridine rings is 1. The summed E-state index contributed by atoms with van der Waals surface area (Å²) in [5.41, 5.74) is 0.689. The highest BCUT2D eigenvalue weighted by molar-refractivity contribution is 7.90. The number of carbonyl (C=O) groups excluding carboxylic acids is 1. The first kappa shape index (κ1) is 31.6. The number of halogens is 3. The van der Waals surface area contributed by atoms with Crippen LogP contribution in [0.1, 0.15) is 105 Å². The van der Waals surface area contributed by atoms with Crippen LogP contribution in [-0.2, 0) is 14.8 Å². The largest absolute Gasteiger partial charge is 0.574 e. The summed E-state index contributed by atoms with van der Waals surface area (Å²) in [6.45, 7) is 9.65. The van der Waals surface area contributed by atoms with E-state index in [4.69, 9.17) is 0 Å². The van der Waals surface area contributed by atoms with Crippen molar-refractivity contribution in [2.24, 2.45) is 52.3 Å². The smallest absolute Gasteiger partial charge is 0.386 e. The van der Waals surface area contributed by atoms with E-state index in [-0.39, 0.29) is 17.8 Å². The molecule has 4 saturated carbocycles. The van der Waals surface area contributed by atoms with E-state index in [0.717, 1.165) is 42.4 Å². The van der Waals surface area contributed by atoms with Gasteiger partial charge in [0.05, 0.1) is 0 Å². The Morgan fingerprint density at radius 1 is 1.10 bits per heavy atom. The summed E-state index contributed by atoms with van der Waals surface area (Å²) in [4.78, 5) is 15.3. The van der Waals surface area contributed by atoms with Crippen LogP contribution < -0.4 is 9.46 Å². The van der Waals surface area contributed by atoms with Crippen molar-refractivity contribution < 1.29 is 31.1 Å². The van der Waals surface area contributed by atoms with Crippen LogP contribution in [-0.4, -0.2) is 25.7 Å². The third-order valence-electron chi connectivity index (χ3n) is 12.4. The van der Waals surface area contributed by atoms with E-state index < -0.39 is 33.1 Å². The van der Waals surface area contributed by atoms with Crippen LogP contribution in [0.2, 0.25) is 0 Å². The van der Waals surface area contributed by atoms with Gasteiger partial charge in [0.2, 0.25) is 11.8 Å². The van der Waals surface area contributed by atoms with Crippen molar-refractivity contribution in [2.75, 3.05) is 0 Å². The highest BCUT2D eigenvalue weighted by Crippen LogP contribution is 2.69. The van der Waals surface area contributed by atoms with E-state index in [9.17, 15) is 26.4 Å². The summed E-state index contributed by atoms with van der Waals surface area (Å²) in [5, 5.41) is 0. The van der Waals surface area contributed by atoms with Crippen LogP contribution in [0.4, 0.5) is 13.2 Å². The van der Waals surface area contributed by atoms with Gasteiger partial charge in [0.25, 0.3) is 10.0 Å². The Morgan fingerprint density at radius 3 is 2.55 bits per heavy atom. The normalized spacial score (nSPS) is 37.2. The third-order valence-corrected chi connectivity index (χ3v) is 13.7. The Morgan fingerprint density at radius 2 is 1.83 bits per heavy atom. The Kier molecular flexibility index (Phi) is 8.71. The van der Waals surface area contributed by atoms with Crippen LogP contribution in [0.15, 0.2) is 23.2 Å². The van der Waals surface area contributed by atoms with Gasteiger partial charge in [-0.2, -0.15) is 0 Å². The van der Waals surface area contributed by atoms with E-state index in [0.29, 0.717) is 23.7 Å². The lowest BCUT2D eigenvalue weighted by Gasteiger charge is -2.63. The molecule has 1 aromatic rings. The second-order valence-corrected chi connectivity index (χ2v) is 15.9. The maximum atomic E-state index is 12.8. The van der Waals surface area contributed by atoms with Gasteiger partial charge in [-0.1, -0.05) is 47.0 Å². The molecule has 0 aliphatic heterocycles. The first-order chi connectivity index (χ1) is 19.7. The average Bonchev–Trinajstić information content (AvgIpc) is 3.27. The van der Waals surface area contributed by atoms with Gasteiger partial charge in [-0.3, -0.25) is 4.79 Å². The predicted octanol–water partition coefficient (Wildman–Crippen LogP) is 7.89. The molecule has 1 amide bonds. The van der Waals surface area contributed by atoms with Crippen LogP contribution in [0.3, 0.4) is 0 Å². The molecule has 4 fully saturated rings. The van der Waals surface area contributed by atoms with Gasteiger partial charge in [0.15, 0.2) is 0 Å². The van der Waals surface area contributed by atoms with Gasteiger partial charge in [0, 0.05) is 12.6 Å². The molecule has 42 heavy (non-hydrogen) atoms. The molecule has 1 heterocycles. The number of ether oxygens (including phenoxy) is 1. The minimum Gasteiger partial charge on any atom is -0.386 e. The maximum absolute atomic E-state index is 12.8. The number of hydrogen-bond acceptors (Lipinski definition) is 5. The molecule has 4 aliphatic rings. The molecule has 1 aromatic heterocycles. The average molecular weight is 613 g/mol. The van der Waals surface area contributed by atoms with Crippen LogP contribution in [0.5, 0.6) is 5.88 Å². The van der Waals surface area contributed by atoms with Crippen LogP contribution in [0, 0.1) is 52.3 Å². The van der Waals surface area contributed by atoms with Gasteiger partial charge in [-0.05, 0) is 116 Å². The standard InChI is InChI=1S/C32H47F3N2O4S/c1-5-21-19-22-25-13-12-23(31(25,4)17-15-26(22)30(3)16-7-6-9-24(21)30)20(2)11-14-28(38)37-42(39,40)27-10-8-18-36-29(27)41-32(33,34)35/h8,10,18,20-26H,5-7,9,11-17,19H2,1-4H3,(H,37,38)/t20-,21+,22?,23-,24+,25?,26?,30+,31-/m1/s1. The molecule has 0 bridgehead atoms. The number of amides is 1. The molecule has 6 nitrogen and oxygen atoms in total. The van der Waals surface area contributed by atoms with Gasteiger partial charge in [-0.15, -0.1) is 13.2 Å². The molecule has 1 N–H and O–H groups in total. The number of nitrogens with one attached hydrogen (secondary N) is 1. The van der Waals surface area contributed by atoms with Crippen LogP contribution in [0.25, 0.3) is 0 Å². The van der Waals surface area contributed by atoms with Crippen molar-refractivity contribution in [3.8, 4) is 5.88 Å². The van der Waals surface area contributed by atoms with E-state index in [1.165, 1.54) is 63.9 Å². The zero-order valence-electron chi connectivity index (χ0n) is 25.4. The van der Waals surface area contributed by atoms with Crippen molar-refractivity contribution in [1.29, 1.82) is 0 Å². The van der Waals surface area contributed by atoms with Gasteiger partial charge in [-0.25, -0.2) is 18.1 Å². The quantitative estimate of drug-likeness (QED) is 0.323.